The second kappa shape index (κ2) is 7.24. The van der Waals surface area contributed by atoms with E-state index < -0.39 is 11.3 Å². The van der Waals surface area contributed by atoms with Gasteiger partial charge in [-0.1, -0.05) is 47.5 Å². The number of nitrogens with one attached hydrogen (secondary N) is 1. The standard InChI is InChI=1S/C18H18Cl2N2O2/c1-18(2,17(24)22(3)12-8-5-4-6-9-12)16(23)21-14-11-7-10-13(19)15(14)20/h4-11H,1-3H3,(H,21,23). The fraction of sp³-hybridized carbons (Fsp3) is 0.222. The lowest BCUT2D eigenvalue weighted by Gasteiger charge is -2.28. The van der Waals surface area contributed by atoms with Crippen LogP contribution < -0.4 is 10.2 Å². The number of rotatable bonds is 4. The summed E-state index contributed by atoms with van der Waals surface area (Å²) in [6.45, 7) is 3.14. The van der Waals surface area contributed by atoms with Crippen molar-refractivity contribution in [2.45, 2.75) is 13.8 Å². The van der Waals surface area contributed by atoms with Crippen LogP contribution in [0.15, 0.2) is 48.5 Å². The minimum absolute atomic E-state index is 0.243. The van der Waals surface area contributed by atoms with Crippen molar-refractivity contribution in [3.63, 3.8) is 0 Å². The molecule has 0 unspecified atom stereocenters. The summed E-state index contributed by atoms with van der Waals surface area (Å²) in [6.07, 6.45) is 0. The van der Waals surface area contributed by atoms with Crippen molar-refractivity contribution in [2.75, 3.05) is 17.3 Å². The molecule has 2 aromatic carbocycles. The quantitative estimate of drug-likeness (QED) is 0.804. The molecule has 0 spiro atoms. The Morgan fingerprint density at radius 2 is 1.62 bits per heavy atom. The van der Waals surface area contributed by atoms with Gasteiger partial charge in [0.15, 0.2) is 0 Å². The fourth-order valence-corrected chi connectivity index (χ4v) is 2.51. The summed E-state index contributed by atoms with van der Waals surface area (Å²) in [5, 5.41) is 3.25. The predicted octanol–water partition coefficient (Wildman–Crippen LogP) is 4.62. The van der Waals surface area contributed by atoms with E-state index in [1.807, 2.05) is 18.2 Å². The van der Waals surface area contributed by atoms with Crippen molar-refractivity contribution >= 4 is 46.4 Å². The van der Waals surface area contributed by atoms with Crippen LogP contribution in [-0.2, 0) is 9.59 Å². The van der Waals surface area contributed by atoms with Crippen LogP contribution in [0.4, 0.5) is 11.4 Å². The van der Waals surface area contributed by atoms with E-state index in [1.165, 1.54) is 4.90 Å². The zero-order valence-electron chi connectivity index (χ0n) is 13.6. The van der Waals surface area contributed by atoms with E-state index in [0.29, 0.717) is 16.4 Å². The second-order valence-corrected chi connectivity index (χ2v) is 6.67. The summed E-state index contributed by atoms with van der Waals surface area (Å²) < 4.78 is 0. The van der Waals surface area contributed by atoms with Gasteiger partial charge in [-0.05, 0) is 38.1 Å². The molecule has 0 bridgehead atoms. The molecule has 0 aliphatic rings. The maximum absolute atomic E-state index is 12.8. The SMILES string of the molecule is CN(C(=O)C(C)(C)C(=O)Nc1cccc(Cl)c1Cl)c1ccccc1. The fourth-order valence-electron chi connectivity index (χ4n) is 2.16. The Kier molecular flexibility index (Phi) is 5.52. The Morgan fingerprint density at radius 3 is 2.25 bits per heavy atom. The van der Waals surface area contributed by atoms with Gasteiger partial charge in [0.05, 0.1) is 15.7 Å². The lowest BCUT2D eigenvalue weighted by molar-refractivity contribution is -0.136. The number of carbonyl (C=O) groups excluding carboxylic acids is 2. The Labute approximate surface area is 151 Å². The molecule has 126 valence electrons. The summed E-state index contributed by atoms with van der Waals surface area (Å²) in [5.74, 6) is -0.788. The van der Waals surface area contributed by atoms with Gasteiger partial charge in [0.1, 0.15) is 5.41 Å². The van der Waals surface area contributed by atoms with Crippen molar-refractivity contribution in [3.05, 3.63) is 58.6 Å². The van der Waals surface area contributed by atoms with Crippen LogP contribution in [0, 0.1) is 5.41 Å². The van der Waals surface area contributed by atoms with Crippen LogP contribution in [0.2, 0.25) is 10.0 Å². The molecule has 0 fully saturated rings. The average Bonchev–Trinajstić information content (AvgIpc) is 2.58. The molecule has 0 saturated carbocycles. The van der Waals surface area contributed by atoms with Gasteiger partial charge in [0, 0.05) is 12.7 Å². The number of hydrogen-bond donors (Lipinski definition) is 1. The summed E-state index contributed by atoms with van der Waals surface area (Å²) in [6, 6.07) is 14.1. The first-order valence-electron chi connectivity index (χ1n) is 7.34. The monoisotopic (exact) mass is 364 g/mol. The maximum atomic E-state index is 12.8. The molecule has 2 rings (SSSR count). The number of benzene rings is 2. The van der Waals surface area contributed by atoms with Crippen LogP contribution in [-0.4, -0.2) is 18.9 Å². The highest BCUT2D eigenvalue weighted by Crippen LogP contribution is 2.31. The minimum atomic E-state index is -1.28. The molecule has 2 amide bonds. The van der Waals surface area contributed by atoms with E-state index >= 15 is 0 Å². The highest BCUT2D eigenvalue weighted by molar-refractivity contribution is 6.44. The summed E-state index contributed by atoms with van der Waals surface area (Å²) >= 11 is 12.0. The normalized spacial score (nSPS) is 11.0. The minimum Gasteiger partial charge on any atom is -0.324 e. The highest BCUT2D eigenvalue weighted by Gasteiger charge is 2.38. The van der Waals surface area contributed by atoms with E-state index in [0.717, 1.165) is 0 Å². The number of para-hydroxylation sites is 1. The first-order valence-corrected chi connectivity index (χ1v) is 8.09. The molecule has 0 aromatic heterocycles. The molecule has 0 aliphatic carbocycles. The third-order valence-electron chi connectivity index (χ3n) is 3.75. The van der Waals surface area contributed by atoms with Gasteiger partial charge in [-0.3, -0.25) is 9.59 Å². The predicted molar refractivity (Wildman–Crippen MR) is 98.7 cm³/mol. The number of halogens is 2. The Morgan fingerprint density at radius 1 is 1.00 bits per heavy atom. The van der Waals surface area contributed by atoms with Crippen LogP contribution >= 0.6 is 23.2 Å². The Balaban J connectivity index is 2.21. The molecule has 6 heteroatoms. The van der Waals surface area contributed by atoms with Crippen LogP contribution in [0.25, 0.3) is 0 Å². The van der Waals surface area contributed by atoms with E-state index in [1.54, 1.807) is 51.2 Å². The van der Waals surface area contributed by atoms with E-state index in [2.05, 4.69) is 5.32 Å². The average molecular weight is 365 g/mol. The second-order valence-electron chi connectivity index (χ2n) is 5.88. The topological polar surface area (TPSA) is 49.4 Å². The number of nitrogens with zero attached hydrogens (tertiary/aromatic N) is 1. The molecule has 0 saturated heterocycles. The number of hydrogen-bond acceptors (Lipinski definition) is 2. The van der Waals surface area contributed by atoms with E-state index in [4.69, 9.17) is 23.2 Å². The van der Waals surface area contributed by atoms with Crippen LogP contribution in [0.1, 0.15) is 13.8 Å². The van der Waals surface area contributed by atoms with Gasteiger partial charge in [-0.2, -0.15) is 0 Å². The van der Waals surface area contributed by atoms with Crippen LogP contribution in [0.5, 0.6) is 0 Å². The van der Waals surface area contributed by atoms with Crippen molar-refractivity contribution < 1.29 is 9.59 Å². The van der Waals surface area contributed by atoms with Gasteiger partial charge in [-0.15, -0.1) is 0 Å². The first-order chi connectivity index (χ1) is 11.2. The number of amides is 2. The maximum Gasteiger partial charge on any atom is 0.241 e. The molecular formula is C18H18Cl2N2O2. The van der Waals surface area contributed by atoms with Gasteiger partial charge in [0.25, 0.3) is 0 Å². The number of carbonyl (C=O) groups is 2. The Bertz CT molecular complexity index is 761. The third kappa shape index (κ3) is 3.71. The van der Waals surface area contributed by atoms with E-state index in [-0.39, 0.29) is 10.9 Å². The van der Waals surface area contributed by atoms with Crippen molar-refractivity contribution in [1.82, 2.24) is 0 Å². The molecule has 24 heavy (non-hydrogen) atoms. The molecule has 2 aromatic rings. The zero-order chi connectivity index (χ0) is 17.9. The van der Waals surface area contributed by atoms with Crippen molar-refractivity contribution in [1.29, 1.82) is 0 Å². The van der Waals surface area contributed by atoms with Crippen molar-refractivity contribution in [2.24, 2.45) is 5.41 Å². The lowest BCUT2D eigenvalue weighted by atomic mass is 9.90. The third-order valence-corrected chi connectivity index (χ3v) is 4.57. The molecule has 0 atom stereocenters. The number of anilines is 2. The molecule has 1 N–H and O–H groups in total. The Hall–Kier alpha value is -2.04. The van der Waals surface area contributed by atoms with Gasteiger partial charge in [-0.25, -0.2) is 0 Å². The largest absolute Gasteiger partial charge is 0.324 e. The smallest absolute Gasteiger partial charge is 0.241 e. The molecule has 4 nitrogen and oxygen atoms in total. The molecule has 0 aliphatic heterocycles. The van der Waals surface area contributed by atoms with E-state index in [9.17, 15) is 9.59 Å². The summed E-state index contributed by atoms with van der Waals surface area (Å²) in [5.41, 5.74) is -0.197. The van der Waals surface area contributed by atoms with Crippen molar-refractivity contribution in [3.8, 4) is 0 Å². The highest BCUT2D eigenvalue weighted by atomic mass is 35.5. The van der Waals surface area contributed by atoms with Gasteiger partial charge < -0.3 is 10.2 Å². The summed E-state index contributed by atoms with van der Waals surface area (Å²) in [7, 11) is 1.64. The first kappa shape index (κ1) is 18.3. The van der Waals surface area contributed by atoms with Crippen LogP contribution in [0.3, 0.4) is 0 Å². The molecular weight excluding hydrogens is 347 g/mol. The molecule has 0 radical (unpaired) electrons. The lowest BCUT2D eigenvalue weighted by Crippen LogP contribution is -2.46. The van der Waals surface area contributed by atoms with Gasteiger partial charge in [0.2, 0.25) is 11.8 Å². The zero-order valence-corrected chi connectivity index (χ0v) is 15.2. The summed E-state index contributed by atoms with van der Waals surface area (Å²) in [4.78, 5) is 26.8. The molecule has 0 heterocycles. The van der Waals surface area contributed by atoms with Gasteiger partial charge >= 0.3 is 0 Å².